The van der Waals surface area contributed by atoms with Crippen LogP contribution in [0.1, 0.15) is 37.3 Å². The van der Waals surface area contributed by atoms with Crippen molar-refractivity contribution < 1.29 is 0 Å². The highest BCUT2D eigenvalue weighted by atomic mass is 35.5. The number of rotatable bonds is 7. The van der Waals surface area contributed by atoms with Gasteiger partial charge in [0.05, 0.1) is 0 Å². The van der Waals surface area contributed by atoms with Gasteiger partial charge in [0.2, 0.25) is 0 Å². The van der Waals surface area contributed by atoms with Crippen LogP contribution in [0.3, 0.4) is 0 Å². The summed E-state index contributed by atoms with van der Waals surface area (Å²) in [6.07, 6.45) is 6.38. The Morgan fingerprint density at radius 3 is 1.75 bits per heavy atom. The Balaban J connectivity index is 0.00000200. The van der Waals surface area contributed by atoms with Gasteiger partial charge in [0, 0.05) is 0 Å². The highest BCUT2D eigenvalue weighted by molar-refractivity contribution is 5.85. The standard InChI is InChI=1S/C19H24.ClH/c1-17(15-16-19-12-6-3-7-13-19)9-8-14-18-10-4-2-5-11-18;/h2-7,10-13,17H,8-9,14-16H2,1H3;1H. The smallest absolute Gasteiger partial charge is 0.0276 e. The predicted octanol–water partition coefficient (Wildman–Crippen LogP) is 5.70. The summed E-state index contributed by atoms with van der Waals surface area (Å²) in [5, 5.41) is 0. The Morgan fingerprint density at radius 2 is 1.20 bits per heavy atom. The van der Waals surface area contributed by atoms with Crippen LogP contribution < -0.4 is 0 Å². The van der Waals surface area contributed by atoms with Gasteiger partial charge in [0.15, 0.2) is 0 Å². The normalized spacial score (nSPS) is 11.7. The van der Waals surface area contributed by atoms with Gasteiger partial charge in [-0.2, -0.15) is 0 Å². The van der Waals surface area contributed by atoms with Crippen LogP contribution >= 0.6 is 12.4 Å². The molecule has 20 heavy (non-hydrogen) atoms. The Hall–Kier alpha value is -1.27. The molecule has 0 fully saturated rings. The van der Waals surface area contributed by atoms with Gasteiger partial charge in [-0.1, -0.05) is 74.0 Å². The van der Waals surface area contributed by atoms with E-state index in [4.69, 9.17) is 0 Å². The summed E-state index contributed by atoms with van der Waals surface area (Å²) in [5.41, 5.74) is 2.94. The second kappa shape index (κ2) is 9.61. The zero-order chi connectivity index (χ0) is 13.3. The fourth-order valence-electron chi connectivity index (χ4n) is 2.50. The number of halogens is 1. The third-order valence-corrected chi connectivity index (χ3v) is 3.77. The summed E-state index contributed by atoms with van der Waals surface area (Å²) in [6.45, 7) is 2.38. The summed E-state index contributed by atoms with van der Waals surface area (Å²) in [5.74, 6) is 0.823. The molecule has 2 aromatic rings. The molecule has 1 heteroatoms. The Labute approximate surface area is 129 Å². The molecule has 0 radical (unpaired) electrons. The Bertz CT molecular complexity index is 450. The summed E-state index contributed by atoms with van der Waals surface area (Å²) >= 11 is 0. The van der Waals surface area contributed by atoms with Crippen molar-refractivity contribution in [2.75, 3.05) is 0 Å². The van der Waals surface area contributed by atoms with Crippen LogP contribution in [0, 0.1) is 5.92 Å². The lowest BCUT2D eigenvalue weighted by Gasteiger charge is -2.11. The van der Waals surface area contributed by atoms with Gasteiger partial charge < -0.3 is 0 Å². The molecule has 0 nitrogen and oxygen atoms in total. The second-order valence-electron chi connectivity index (χ2n) is 5.51. The van der Waals surface area contributed by atoms with Crippen LogP contribution in [0.5, 0.6) is 0 Å². The molecule has 0 bridgehead atoms. The molecule has 2 rings (SSSR count). The van der Waals surface area contributed by atoms with E-state index < -0.39 is 0 Å². The molecule has 0 amide bonds. The van der Waals surface area contributed by atoms with Gasteiger partial charge in [-0.15, -0.1) is 12.4 Å². The predicted molar refractivity (Wildman–Crippen MR) is 90.6 cm³/mol. The molecule has 0 aliphatic rings. The van der Waals surface area contributed by atoms with Crippen LogP contribution in [0.4, 0.5) is 0 Å². The quantitative estimate of drug-likeness (QED) is 0.613. The second-order valence-corrected chi connectivity index (χ2v) is 5.51. The SMILES string of the molecule is CC(CCCc1ccccc1)CCc1ccccc1.Cl. The van der Waals surface area contributed by atoms with Gasteiger partial charge >= 0.3 is 0 Å². The molecule has 0 spiro atoms. The first-order valence-electron chi connectivity index (χ1n) is 7.42. The third kappa shape index (κ3) is 6.25. The molecule has 1 atom stereocenters. The van der Waals surface area contributed by atoms with E-state index in [-0.39, 0.29) is 12.4 Å². The van der Waals surface area contributed by atoms with Gasteiger partial charge in [0.25, 0.3) is 0 Å². The summed E-state index contributed by atoms with van der Waals surface area (Å²) in [4.78, 5) is 0. The third-order valence-electron chi connectivity index (χ3n) is 3.77. The van der Waals surface area contributed by atoms with E-state index in [9.17, 15) is 0 Å². The summed E-state index contributed by atoms with van der Waals surface area (Å²) in [7, 11) is 0. The molecule has 0 aliphatic heterocycles. The lowest BCUT2D eigenvalue weighted by Crippen LogP contribution is -1.98. The number of aryl methyl sites for hydroxylation is 2. The van der Waals surface area contributed by atoms with E-state index in [1.54, 1.807) is 0 Å². The molecule has 108 valence electrons. The maximum Gasteiger partial charge on any atom is -0.0276 e. The van der Waals surface area contributed by atoms with Crippen LogP contribution in [0.15, 0.2) is 60.7 Å². The molecular weight excluding hydrogens is 264 g/mol. The summed E-state index contributed by atoms with van der Waals surface area (Å²) in [6, 6.07) is 21.6. The minimum Gasteiger partial charge on any atom is -0.147 e. The van der Waals surface area contributed by atoms with Crippen LogP contribution in [-0.2, 0) is 12.8 Å². The number of hydrogen-bond acceptors (Lipinski definition) is 0. The lowest BCUT2D eigenvalue weighted by atomic mass is 9.95. The first-order chi connectivity index (χ1) is 9.34. The van der Waals surface area contributed by atoms with Gasteiger partial charge in [-0.05, 0) is 42.7 Å². The monoisotopic (exact) mass is 288 g/mol. The van der Waals surface area contributed by atoms with E-state index >= 15 is 0 Å². The minimum absolute atomic E-state index is 0. The van der Waals surface area contributed by atoms with E-state index in [0.717, 1.165) is 5.92 Å². The molecule has 1 unspecified atom stereocenters. The molecule has 2 aromatic carbocycles. The topological polar surface area (TPSA) is 0 Å². The average molecular weight is 289 g/mol. The zero-order valence-corrected chi connectivity index (χ0v) is 13.1. The van der Waals surface area contributed by atoms with Crippen molar-refractivity contribution in [1.29, 1.82) is 0 Å². The van der Waals surface area contributed by atoms with Crippen molar-refractivity contribution >= 4 is 12.4 Å². The number of hydrogen-bond donors (Lipinski definition) is 0. The van der Waals surface area contributed by atoms with Gasteiger partial charge in [-0.25, -0.2) is 0 Å². The van der Waals surface area contributed by atoms with Crippen molar-refractivity contribution in [1.82, 2.24) is 0 Å². The van der Waals surface area contributed by atoms with Crippen LogP contribution in [0.2, 0.25) is 0 Å². The molecule has 0 aromatic heterocycles. The largest absolute Gasteiger partial charge is 0.147 e. The highest BCUT2D eigenvalue weighted by Crippen LogP contribution is 2.16. The van der Waals surface area contributed by atoms with E-state index in [0.29, 0.717) is 0 Å². The van der Waals surface area contributed by atoms with E-state index in [2.05, 4.69) is 67.6 Å². The van der Waals surface area contributed by atoms with Crippen molar-refractivity contribution in [3.05, 3.63) is 71.8 Å². The van der Waals surface area contributed by atoms with Gasteiger partial charge in [-0.3, -0.25) is 0 Å². The molecule has 0 N–H and O–H groups in total. The van der Waals surface area contributed by atoms with Crippen molar-refractivity contribution in [2.45, 2.75) is 39.0 Å². The highest BCUT2D eigenvalue weighted by Gasteiger charge is 2.03. The molecule has 0 saturated heterocycles. The fraction of sp³-hybridized carbons (Fsp3) is 0.368. The van der Waals surface area contributed by atoms with Crippen molar-refractivity contribution in [2.24, 2.45) is 5.92 Å². The molecule has 0 saturated carbocycles. The maximum atomic E-state index is 2.38. The summed E-state index contributed by atoms with van der Waals surface area (Å²) < 4.78 is 0. The van der Waals surface area contributed by atoms with E-state index in [1.807, 2.05) is 0 Å². The van der Waals surface area contributed by atoms with E-state index in [1.165, 1.54) is 43.2 Å². The molecule has 0 aliphatic carbocycles. The van der Waals surface area contributed by atoms with Crippen molar-refractivity contribution in [3.63, 3.8) is 0 Å². The lowest BCUT2D eigenvalue weighted by molar-refractivity contribution is 0.475. The van der Waals surface area contributed by atoms with Gasteiger partial charge in [0.1, 0.15) is 0 Å². The Morgan fingerprint density at radius 1 is 0.700 bits per heavy atom. The Kier molecular flexibility index (Phi) is 8.06. The van der Waals surface area contributed by atoms with Crippen LogP contribution in [-0.4, -0.2) is 0 Å². The minimum atomic E-state index is 0. The first kappa shape index (κ1) is 16.8. The maximum absolute atomic E-state index is 2.38. The zero-order valence-electron chi connectivity index (χ0n) is 12.3. The fourth-order valence-corrected chi connectivity index (χ4v) is 2.50. The van der Waals surface area contributed by atoms with Crippen LogP contribution in [0.25, 0.3) is 0 Å². The van der Waals surface area contributed by atoms with Crippen molar-refractivity contribution in [3.8, 4) is 0 Å². The first-order valence-corrected chi connectivity index (χ1v) is 7.42. The molecule has 0 heterocycles. The molecular formula is C19H25Cl. The average Bonchev–Trinajstić information content (AvgIpc) is 2.47. The number of benzene rings is 2.